The summed E-state index contributed by atoms with van der Waals surface area (Å²) in [7, 11) is 0. The Bertz CT molecular complexity index is 757. The van der Waals surface area contributed by atoms with E-state index in [1.165, 1.54) is 64.2 Å². The Balaban J connectivity index is 2.06. The molecule has 0 saturated carbocycles. The highest BCUT2D eigenvalue weighted by atomic mass is 35.5. The van der Waals surface area contributed by atoms with Crippen molar-refractivity contribution in [1.82, 2.24) is 4.90 Å². The minimum atomic E-state index is -0.00589. The Morgan fingerprint density at radius 2 is 1.00 bits per heavy atom. The van der Waals surface area contributed by atoms with Gasteiger partial charge in [0.2, 0.25) is 5.91 Å². The highest BCUT2D eigenvalue weighted by molar-refractivity contribution is 6.30. The van der Waals surface area contributed by atoms with Crippen molar-refractivity contribution >= 4 is 29.1 Å². The number of rotatable bonds is 18. The molecular formula is C31H45Cl2NO. The molecule has 0 N–H and O–H groups in total. The van der Waals surface area contributed by atoms with E-state index in [0.717, 1.165) is 37.1 Å². The minimum Gasteiger partial charge on any atom is -0.343 e. The van der Waals surface area contributed by atoms with E-state index in [1.807, 2.05) is 48.5 Å². The molecule has 0 atom stereocenters. The molecule has 0 aromatic heterocycles. The zero-order valence-electron chi connectivity index (χ0n) is 21.9. The lowest BCUT2D eigenvalue weighted by Crippen LogP contribution is -2.34. The van der Waals surface area contributed by atoms with E-state index in [2.05, 4.69) is 18.7 Å². The van der Waals surface area contributed by atoms with Gasteiger partial charge in [-0.1, -0.05) is 126 Å². The maximum Gasteiger partial charge on any atom is 0.223 e. The lowest BCUT2D eigenvalue weighted by atomic mass is 9.88. The average molecular weight is 519 g/mol. The van der Waals surface area contributed by atoms with Crippen LogP contribution in [0.25, 0.3) is 0 Å². The number of carbonyl (C=O) groups is 1. The third kappa shape index (κ3) is 11.8. The van der Waals surface area contributed by atoms with Crippen LogP contribution in [0.3, 0.4) is 0 Å². The smallest absolute Gasteiger partial charge is 0.223 e. The molecule has 2 aromatic rings. The zero-order chi connectivity index (χ0) is 25.3. The summed E-state index contributed by atoms with van der Waals surface area (Å²) in [5.41, 5.74) is 2.23. The lowest BCUT2D eigenvalue weighted by Gasteiger charge is -2.26. The highest BCUT2D eigenvalue weighted by Crippen LogP contribution is 2.31. The monoisotopic (exact) mass is 517 g/mol. The second-order valence-corrected chi connectivity index (χ2v) is 10.6. The summed E-state index contributed by atoms with van der Waals surface area (Å²) in [5, 5.41) is 1.42. The van der Waals surface area contributed by atoms with Crippen molar-refractivity contribution in [1.29, 1.82) is 0 Å². The first kappa shape index (κ1) is 29.7. The maximum atomic E-state index is 13.6. The van der Waals surface area contributed by atoms with Gasteiger partial charge in [-0.25, -0.2) is 0 Å². The average Bonchev–Trinajstić information content (AvgIpc) is 2.86. The SMILES string of the molecule is CCCCCCCCN(CCCCCCCC)C(=O)CC(c1ccc(Cl)cc1)c1ccc(Cl)cc1. The van der Waals surface area contributed by atoms with Gasteiger partial charge in [0.1, 0.15) is 0 Å². The summed E-state index contributed by atoms with van der Waals surface area (Å²) in [4.78, 5) is 15.8. The molecule has 2 aromatic carbocycles. The Morgan fingerprint density at radius 3 is 1.40 bits per heavy atom. The van der Waals surface area contributed by atoms with E-state index in [-0.39, 0.29) is 11.8 Å². The summed E-state index contributed by atoms with van der Waals surface area (Å²) >= 11 is 12.3. The molecule has 2 nitrogen and oxygen atoms in total. The number of amides is 1. The summed E-state index contributed by atoms with van der Waals surface area (Å²) in [6.07, 6.45) is 15.4. The lowest BCUT2D eigenvalue weighted by molar-refractivity contribution is -0.131. The Hall–Kier alpha value is -1.51. The predicted octanol–water partition coefficient (Wildman–Crippen LogP) is 10.1. The third-order valence-electron chi connectivity index (χ3n) is 6.84. The third-order valence-corrected chi connectivity index (χ3v) is 7.34. The van der Waals surface area contributed by atoms with Crippen molar-refractivity contribution in [3.63, 3.8) is 0 Å². The number of unbranched alkanes of at least 4 members (excludes halogenated alkanes) is 10. The van der Waals surface area contributed by atoms with Gasteiger partial charge in [0.15, 0.2) is 0 Å². The maximum absolute atomic E-state index is 13.6. The summed E-state index contributed by atoms with van der Waals surface area (Å²) < 4.78 is 0. The van der Waals surface area contributed by atoms with Gasteiger partial charge < -0.3 is 4.90 Å². The van der Waals surface area contributed by atoms with Gasteiger partial charge in [-0.3, -0.25) is 4.79 Å². The fourth-order valence-electron chi connectivity index (χ4n) is 4.65. The number of benzene rings is 2. The molecule has 0 fully saturated rings. The van der Waals surface area contributed by atoms with Crippen LogP contribution in [0.4, 0.5) is 0 Å². The molecule has 0 unspecified atom stereocenters. The van der Waals surface area contributed by atoms with Gasteiger partial charge in [-0.15, -0.1) is 0 Å². The van der Waals surface area contributed by atoms with Crippen molar-refractivity contribution in [2.24, 2.45) is 0 Å². The molecular weight excluding hydrogens is 473 g/mol. The standard InChI is InChI=1S/C31H45Cl2NO/c1-3-5-7-9-11-13-23-34(24-14-12-10-8-6-4-2)31(35)25-30(26-15-19-28(32)20-16-26)27-17-21-29(33)22-18-27/h15-22,30H,3-14,23-25H2,1-2H3. The molecule has 4 heteroatoms. The molecule has 0 aliphatic carbocycles. The van der Waals surface area contributed by atoms with Gasteiger partial charge >= 0.3 is 0 Å². The molecule has 194 valence electrons. The Labute approximate surface area is 224 Å². The molecule has 1 amide bonds. The van der Waals surface area contributed by atoms with Crippen LogP contribution in [-0.4, -0.2) is 23.9 Å². The summed E-state index contributed by atoms with van der Waals surface area (Å²) in [6, 6.07) is 15.8. The van der Waals surface area contributed by atoms with Crippen LogP contribution in [0.5, 0.6) is 0 Å². The first-order valence-corrected chi connectivity index (χ1v) is 14.6. The van der Waals surface area contributed by atoms with Gasteiger partial charge in [-0.2, -0.15) is 0 Å². The molecule has 0 saturated heterocycles. The zero-order valence-corrected chi connectivity index (χ0v) is 23.4. The van der Waals surface area contributed by atoms with Crippen LogP contribution in [-0.2, 0) is 4.79 Å². The van der Waals surface area contributed by atoms with Gasteiger partial charge in [0.25, 0.3) is 0 Å². The van der Waals surface area contributed by atoms with E-state index in [1.54, 1.807) is 0 Å². The highest BCUT2D eigenvalue weighted by Gasteiger charge is 2.22. The topological polar surface area (TPSA) is 20.3 Å². The second-order valence-electron chi connectivity index (χ2n) is 9.78. The number of halogens is 2. The fraction of sp³-hybridized carbons (Fsp3) is 0.581. The fourth-order valence-corrected chi connectivity index (χ4v) is 4.90. The van der Waals surface area contributed by atoms with Crippen LogP contribution >= 0.6 is 23.2 Å². The van der Waals surface area contributed by atoms with E-state index < -0.39 is 0 Å². The minimum absolute atomic E-state index is 0.00589. The molecule has 0 aliphatic heterocycles. The molecule has 2 rings (SSSR count). The van der Waals surface area contributed by atoms with E-state index >= 15 is 0 Å². The quantitative estimate of drug-likeness (QED) is 0.180. The van der Waals surface area contributed by atoms with Crippen molar-refractivity contribution < 1.29 is 4.79 Å². The van der Waals surface area contributed by atoms with Gasteiger partial charge in [-0.05, 0) is 48.2 Å². The second kappa shape index (κ2) is 17.8. The number of hydrogen-bond donors (Lipinski definition) is 0. The van der Waals surface area contributed by atoms with Gasteiger partial charge in [0, 0.05) is 35.5 Å². The normalized spacial score (nSPS) is 11.2. The predicted molar refractivity (Wildman–Crippen MR) is 153 cm³/mol. The summed E-state index contributed by atoms with van der Waals surface area (Å²) in [6.45, 7) is 6.24. The molecule has 0 radical (unpaired) electrons. The van der Waals surface area contributed by atoms with Crippen molar-refractivity contribution in [2.75, 3.05) is 13.1 Å². The van der Waals surface area contributed by atoms with Crippen molar-refractivity contribution in [2.45, 2.75) is 103 Å². The first-order valence-electron chi connectivity index (χ1n) is 13.8. The first-order chi connectivity index (χ1) is 17.0. The van der Waals surface area contributed by atoms with Gasteiger partial charge in [0.05, 0.1) is 0 Å². The molecule has 0 aliphatic rings. The number of nitrogens with zero attached hydrogens (tertiary/aromatic N) is 1. The van der Waals surface area contributed by atoms with Crippen LogP contribution in [0.2, 0.25) is 10.0 Å². The molecule has 0 bridgehead atoms. The van der Waals surface area contributed by atoms with Crippen molar-refractivity contribution in [3.8, 4) is 0 Å². The van der Waals surface area contributed by atoms with Crippen LogP contribution in [0, 0.1) is 0 Å². The largest absolute Gasteiger partial charge is 0.343 e. The van der Waals surface area contributed by atoms with E-state index in [0.29, 0.717) is 16.5 Å². The van der Waals surface area contributed by atoms with Crippen molar-refractivity contribution in [3.05, 3.63) is 69.7 Å². The Morgan fingerprint density at radius 1 is 0.629 bits per heavy atom. The molecule has 0 spiro atoms. The van der Waals surface area contributed by atoms with E-state index in [9.17, 15) is 4.79 Å². The molecule has 0 heterocycles. The molecule has 35 heavy (non-hydrogen) atoms. The number of hydrogen-bond acceptors (Lipinski definition) is 1. The van der Waals surface area contributed by atoms with Crippen LogP contribution < -0.4 is 0 Å². The Kier molecular flexibility index (Phi) is 15.2. The number of carbonyl (C=O) groups excluding carboxylic acids is 1. The summed E-state index contributed by atoms with van der Waals surface area (Å²) in [5.74, 6) is 0.246. The van der Waals surface area contributed by atoms with E-state index in [4.69, 9.17) is 23.2 Å². The van der Waals surface area contributed by atoms with Crippen LogP contribution in [0.1, 0.15) is 114 Å². The van der Waals surface area contributed by atoms with Crippen LogP contribution in [0.15, 0.2) is 48.5 Å².